The fraction of sp³-hybridized carbons (Fsp3) is 0.400. The van der Waals surface area contributed by atoms with Crippen LogP contribution in [0.15, 0.2) is 42.7 Å². The Morgan fingerprint density at radius 3 is 2.85 bits per heavy atom. The van der Waals surface area contributed by atoms with Crippen molar-refractivity contribution in [2.24, 2.45) is 0 Å². The number of aromatic nitrogens is 3. The fourth-order valence-corrected chi connectivity index (χ4v) is 5.73. The Kier molecular flexibility index (Phi) is 6.47. The lowest BCUT2D eigenvalue weighted by Gasteiger charge is -2.35. The number of benzene rings is 1. The Morgan fingerprint density at radius 2 is 2.06 bits per heavy atom. The van der Waals surface area contributed by atoms with Gasteiger partial charge in [-0.05, 0) is 31.7 Å². The number of likely N-dealkylation sites (tertiary alicyclic amines) is 1. The number of halogens is 1. The number of amides is 1. The molecular formula is C25H28FN5O2S. The number of fused-ring (bicyclic) bond motifs is 1. The zero-order valence-corrected chi connectivity index (χ0v) is 20.2. The summed E-state index contributed by atoms with van der Waals surface area (Å²) in [5.74, 6) is 0.702. The summed E-state index contributed by atoms with van der Waals surface area (Å²) in [5.41, 5.74) is 3.10. The van der Waals surface area contributed by atoms with E-state index in [0.717, 1.165) is 46.2 Å². The number of rotatable bonds is 6. The zero-order chi connectivity index (χ0) is 23.7. The first-order valence-electron chi connectivity index (χ1n) is 11.6. The van der Waals surface area contributed by atoms with Crippen LogP contribution in [0, 0.1) is 6.92 Å². The Labute approximate surface area is 202 Å². The molecule has 4 heterocycles. The lowest BCUT2D eigenvalue weighted by Crippen LogP contribution is -2.45. The molecule has 2 aromatic heterocycles. The number of imidazole rings is 1. The zero-order valence-electron chi connectivity index (χ0n) is 19.4. The van der Waals surface area contributed by atoms with Crippen molar-refractivity contribution in [3.8, 4) is 10.4 Å². The summed E-state index contributed by atoms with van der Waals surface area (Å²) in [6.07, 6.45) is 6.90. The van der Waals surface area contributed by atoms with Gasteiger partial charge in [0.1, 0.15) is 18.2 Å². The van der Waals surface area contributed by atoms with Gasteiger partial charge < -0.3 is 14.2 Å². The van der Waals surface area contributed by atoms with Gasteiger partial charge in [0.05, 0.1) is 22.2 Å². The molecule has 0 N–H and O–H groups in total. The summed E-state index contributed by atoms with van der Waals surface area (Å²) in [6, 6.07) is 10.00. The topological polar surface area (TPSA) is 63.5 Å². The maximum Gasteiger partial charge on any atom is 0.274 e. The highest BCUT2D eigenvalue weighted by molar-refractivity contribution is 7.15. The molecule has 9 heteroatoms. The second kappa shape index (κ2) is 9.68. The second-order valence-corrected chi connectivity index (χ2v) is 9.99. The van der Waals surface area contributed by atoms with Crippen LogP contribution in [-0.2, 0) is 17.8 Å². The van der Waals surface area contributed by atoms with Gasteiger partial charge in [-0.15, -0.1) is 11.3 Å². The number of nitrogens with zero attached hydrogens (tertiary/aromatic N) is 5. The van der Waals surface area contributed by atoms with E-state index in [1.165, 1.54) is 6.20 Å². The molecule has 2 aliphatic heterocycles. The molecule has 0 bridgehead atoms. The first-order chi connectivity index (χ1) is 16.5. The van der Waals surface area contributed by atoms with Crippen LogP contribution in [0.2, 0.25) is 0 Å². The van der Waals surface area contributed by atoms with Gasteiger partial charge in [0.25, 0.3) is 5.91 Å². The van der Waals surface area contributed by atoms with Gasteiger partial charge in [0.2, 0.25) is 0 Å². The van der Waals surface area contributed by atoms with E-state index in [1.54, 1.807) is 23.0 Å². The minimum absolute atomic E-state index is 0.0215. The van der Waals surface area contributed by atoms with Crippen molar-refractivity contribution in [1.29, 1.82) is 0 Å². The highest BCUT2D eigenvalue weighted by Gasteiger charge is 2.32. The molecule has 34 heavy (non-hydrogen) atoms. The number of methoxy groups -OCH3 is 1. The van der Waals surface area contributed by atoms with Crippen LogP contribution >= 0.6 is 11.3 Å². The standard InChI is InChI=1S/C25H28FN5O2S/c1-17-27-22(23(34-17)18-8-4-3-5-9-18)25(32)31-11-7-6-10-21(31)12-20-14-29-16-30(26)13-19(15-33-2)24(29)28-20/h3-5,8-9,13-14,21H,6-7,10-12,15-16H2,1-2H3/t21-/m0/s1. The second-order valence-electron chi connectivity index (χ2n) is 8.78. The van der Waals surface area contributed by atoms with Crippen LogP contribution in [0.3, 0.4) is 0 Å². The predicted octanol–water partition coefficient (Wildman–Crippen LogP) is 4.70. The van der Waals surface area contributed by atoms with Crippen LogP contribution < -0.4 is 0 Å². The molecular weight excluding hydrogens is 453 g/mol. The summed E-state index contributed by atoms with van der Waals surface area (Å²) >= 11 is 1.56. The Morgan fingerprint density at radius 1 is 1.24 bits per heavy atom. The Balaban J connectivity index is 1.40. The number of hydrogen-bond donors (Lipinski definition) is 0. The Bertz CT molecular complexity index is 1210. The third kappa shape index (κ3) is 4.50. The SMILES string of the molecule is COCC1=CN(F)Cn2cc(C[C@@H]3CCCCN3C(=O)c3nc(C)sc3-c3ccccc3)nc21. The van der Waals surface area contributed by atoms with Gasteiger partial charge in [-0.3, -0.25) is 4.79 Å². The summed E-state index contributed by atoms with van der Waals surface area (Å²) in [7, 11) is 1.58. The van der Waals surface area contributed by atoms with Crippen molar-refractivity contribution < 1.29 is 14.0 Å². The number of carbonyl (C=O) groups excluding carboxylic acids is 1. The molecule has 0 unspecified atom stereocenters. The van der Waals surface area contributed by atoms with Gasteiger partial charge in [0.15, 0.2) is 0 Å². The smallest absolute Gasteiger partial charge is 0.274 e. The van der Waals surface area contributed by atoms with Crippen molar-refractivity contribution in [3.05, 3.63) is 64.9 Å². The van der Waals surface area contributed by atoms with E-state index in [9.17, 15) is 9.28 Å². The van der Waals surface area contributed by atoms with E-state index in [-0.39, 0.29) is 25.2 Å². The normalized spacial score (nSPS) is 18.1. The predicted molar refractivity (Wildman–Crippen MR) is 130 cm³/mol. The van der Waals surface area contributed by atoms with Gasteiger partial charge in [-0.25, -0.2) is 9.97 Å². The first kappa shape index (κ1) is 22.7. The van der Waals surface area contributed by atoms with E-state index in [0.29, 0.717) is 29.4 Å². The molecule has 5 rings (SSSR count). The third-order valence-corrected chi connectivity index (χ3v) is 7.32. The number of aryl methyl sites for hydroxylation is 1. The number of ether oxygens (including phenoxy) is 1. The number of carbonyl (C=O) groups is 1. The number of hydrogen-bond acceptors (Lipinski definition) is 6. The monoisotopic (exact) mass is 481 g/mol. The van der Waals surface area contributed by atoms with Crippen LogP contribution in [0.25, 0.3) is 16.0 Å². The Hall–Kier alpha value is -3.04. The van der Waals surface area contributed by atoms with Gasteiger partial charge in [-0.1, -0.05) is 34.8 Å². The molecule has 1 fully saturated rings. The molecule has 2 aliphatic rings. The lowest BCUT2D eigenvalue weighted by molar-refractivity contribution is 0.0468. The average molecular weight is 482 g/mol. The highest BCUT2D eigenvalue weighted by atomic mass is 32.1. The third-order valence-electron chi connectivity index (χ3n) is 6.30. The molecule has 1 aromatic carbocycles. The minimum atomic E-state index is -0.0215. The van der Waals surface area contributed by atoms with Gasteiger partial charge >= 0.3 is 0 Å². The molecule has 3 aromatic rings. The van der Waals surface area contributed by atoms with Crippen LogP contribution in [-0.4, -0.2) is 56.8 Å². The van der Waals surface area contributed by atoms with E-state index >= 15 is 0 Å². The maximum atomic E-state index is 14.0. The van der Waals surface area contributed by atoms with E-state index in [1.807, 2.05) is 48.4 Å². The quantitative estimate of drug-likeness (QED) is 0.478. The van der Waals surface area contributed by atoms with Crippen molar-refractivity contribution in [3.63, 3.8) is 0 Å². The van der Waals surface area contributed by atoms with Crippen molar-refractivity contribution in [2.45, 2.75) is 45.3 Å². The molecule has 7 nitrogen and oxygen atoms in total. The number of piperidine rings is 1. The molecule has 0 spiro atoms. The van der Waals surface area contributed by atoms with Crippen LogP contribution in [0.5, 0.6) is 0 Å². The maximum absolute atomic E-state index is 14.0. The minimum Gasteiger partial charge on any atom is -0.380 e. The average Bonchev–Trinajstić information content (AvgIpc) is 3.43. The van der Waals surface area contributed by atoms with Crippen molar-refractivity contribution in [1.82, 2.24) is 24.6 Å². The summed E-state index contributed by atoms with van der Waals surface area (Å²) in [6.45, 7) is 3.03. The molecule has 0 aliphatic carbocycles. The van der Waals surface area contributed by atoms with E-state index in [4.69, 9.17) is 9.72 Å². The van der Waals surface area contributed by atoms with Crippen molar-refractivity contribution in [2.75, 3.05) is 20.3 Å². The fourth-order valence-electron chi connectivity index (χ4n) is 4.82. The first-order valence-corrected chi connectivity index (χ1v) is 12.4. The van der Waals surface area contributed by atoms with Gasteiger partial charge in [-0.2, -0.15) is 5.12 Å². The van der Waals surface area contributed by atoms with Crippen LogP contribution in [0.4, 0.5) is 4.48 Å². The van der Waals surface area contributed by atoms with E-state index < -0.39 is 0 Å². The van der Waals surface area contributed by atoms with Crippen molar-refractivity contribution >= 4 is 22.8 Å². The molecule has 0 radical (unpaired) electrons. The molecule has 1 amide bonds. The molecule has 0 saturated carbocycles. The largest absolute Gasteiger partial charge is 0.380 e. The van der Waals surface area contributed by atoms with Crippen LogP contribution in [0.1, 0.15) is 46.3 Å². The lowest BCUT2D eigenvalue weighted by atomic mass is 9.97. The molecule has 178 valence electrons. The molecule has 1 atom stereocenters. The summed E-state index contributed by atoms with van der Waals surface area (Å²) in [5, 5.41) is 1.52. The molecule has 1 saturated heterocycles. The number of thiazole rings is 1. The summed E-state index contributed by atoms with van der Waals surface area (Å²) < 4.78 is 21.1. The van der Waals surface area contributed by atoms with Gasteiger partial charge in [0, 0.05) is 44.1 Å². The summed E-state index contributed by atoms with van der Waals surface area (Å²) in [4.78, 5) is 26.1. The van der Waals surface area contributed by atoms with E-state index in [2.05, 4.69) is 4.98 Å². The highest BCUT2D eigenvalue weighted by Crippen LogP contribution is 2.33.